The lowest BCUT2D eigenvalue weighted by atomic mass is 10.1. The van der Waals surface area contributed by atoms with Crippen LogP contribution in [-0.4, -0.2) is 55.0 Å². The molecule has 6 nitrogen and oxygen atoms in total. The number of aromatic nitrogens is 1. The second-order valence-corrected chi connectivity index (χ2v) is 8.45. The Morgan fingerprint density at radius 2 is 1.72 bits per heavy atom. The Kier molecular flexibility index (Phi) is 9.46. The molecule has 0 aliphatic rings. The van der Waals surface area contributed by atoms with Gasteiger partial charge in [-0.1, -0.05) is 48.9 Å². The molecule has 0 aliphatic carbocycles. The summed E-state index contributed by atoms with van der Waals surface area (Å²) in [5, 5.41) is 1.22. The van der Waals surface area contributed by atoms with E-state index in [0.717, 1.165) is 28.9 Å². The first-order chi connectivity index (χ1) is 14.9. The van der Waals surface area contributed by atoms with Crippen molar-refractivity contribution in [1.82, 2.24) is 9.88 Å². The second kappa shape index (κ2) is 11.6. The Labute approximate surface area is 203 Å². The van der Waals surface area contributed by atoms with Gasteiger partial charge in [-0.05, 0) is 49.8 Å². The lowest BCUT2D eigenvalue weighted by molar-refractivity contribution is 0.0597. The molecule has 0 atom stereocenters. The number of carbonyl (C=O) groups excluding carboxylic acids is 2. The van der Waals surface area contributed by atoms with Crippen molar-refractivity contribution in [1.29, 1.82) is 0 Å². The minimum Gasteiger partial charge on any atom is -0.465 e. The maximum atomic E-state index is 13.6. The number of halogens is 2. The highest BCUT2D eigenvalue weighted by Crippen LogP contribution is 2.34. The van der Waals surface area contributed by atoms with Gasteiger partial charge >= 0.3 is 5.97 Å². The summed E-state index contributed by atoms with van der Waals surface area (Å²) in [6.45, 7) is 8.99. The van der Waals surface area contributed by atoms with Crippen LogP contribution in [0.2, 0.25) is 5.02 Å². The molecule has 9 heteroatoms. The van der Waals surface area contributed by atoms with Gasteiger partial charge in [0.25, 0.3) is 5.91 Å². The largest absolute Gasteiger partial charge is 0.465 e. The van der Waals surface area contributed by atoms with Crippen molar-refractivity contribution in [2.45, 2.75) is 20.8 Å². The molecule has 0 aliphatic heterocycles. The molecular formula is C23H27Cl2N3O3S. The van der Waals surface area contributed by atoms with Gasteiger partial charge in [-0.25, -0.2) is 9.78 Å². The lowest BCUT2D eigenvalue weighted by Gasteiger charge is -2.25. The molecule has 3 rings (SSSR count). The summed E-state index contributed by atoms with van der Waals surface area (Å²) in [5.41, 5.74) is 2.20. The van der Waals surface area contributed by atoms with Crippen LogP contribution in [0.1, 0.15) is 40.1 Å². The van der Waals surface area contributed by atoms with Gasteiger partial charge in [-0.15, -0.1) is 12.4 Å². The Balaban J connectivity index is 0.00000363. The van der Waals surface area contributed by atoms with Crippen molar-refractivity contribution in [3.63, 3.8) is 0 Å². The molecule has 0 saturated carbocycles. The van der Waals surface area contributed by atoms with E-state index in [2.05, 4.69) is 18.7 Å². The van der Waals surface area contributed by atoms with Crippen LogP contribution in [0, 0.1) is 6.92 Å². The number of benzene rings is 2. The minimum absolute atomic E-state index is 0. The van der Waals surface area contributed by atoms with E-state index in [1.165, 1.54) is 18.4 Å². The molecule has 172 valence electrons. The molecule has 0 spiro atoms. The first-order valence-corrected chi connectivity index (χ1v) is 11.4. The standard InChI is InChI=1S/C23H26ClN3O3S.ClH/c1-5-26(6-2)13-14-27(21(28)16-9-7-8-10-17(16)22(29)30-4)23-25-20-15(3)18(24)11-12-19(20)31-23;/h7-12H,5-6,13-14H2,1-4H3;1H. The molecular weight excluding hydrogens is 469 g/mol. The number of esters is 1. The molecule has 0 bridgehead atoms. The number of hydrogen-bond acceptors (Lipinski definition) is 6. The van der Waals surface area contributed by atoms with Gasteiger partial charge in [0, 0.05) is 18.1 Å². The van der Waals surface area contributed by atoms with Gasteiger partial charge in [0.2, 0.25) is 0 Å². The number of hydrogen-bond donors (Lipinski definition) is 0. The molecule has 3 aromatic rings. The quantitative estimate of drug-likeness (QED) is 0.388. The molecule has 0 radical (unpaired) electrons. The van der Waals surface area contributed by atoms with E-state index < -0.39 is 5.97 Å². The number of rotatable bonds is 8. The highest BCUT2D eigenvalue weighted by Gasteiger charge is 2.26. The zero-order valence-electron chi connectivity index (χ0n) is 18.6. The molecule has 0 fully saturated rings. The summed E-state index contributed by atoms with van der Waals surface area (Å²) in [6.07, 6.45) is 0. The number of amides is 1. The van der Waals surface area contributed by atoms with Gasteiger partial charge in [-0.3, -0.25) is 9.69 Å². The van der Waals surface area contributed by atoms with Crippen LogP contribution in [-0.2, 0) is 4.74 Å². The van der Waals surface area contributed by atoms with E-state index in [9.17, 15) is 9.59 Å². The van der Waals surface area contributed by atoms with E-state index in [-0.39, 0.29) is 23.9 Å². The van der Waals surface area contributed by atoms with Gasteiger partial charge in [0.1, 0.15) is 0 Å². The third kappa shape index (κ3) is 5.41. The number of ether oxygens (including phenoxy) is 1. The average molecular weight is 496 g/mol. The number of anilines is 1. The summed E-state index contributed by atoms with van der Waals surface area (Å²) in [6, 6.07) is 10.5. The molecule has 1 heterocycles. The first kappa shape index (κ1) is 26.1. The molecule has 1 aromatic heterocycles. The van der Waals surface area contributed by atoms with Crippen LogP contribution in [0.5, 0.6) is 0 Å². The molecule has 0 N–H and O–H groups in total. The Morgan fingerprint density at radius 1 is 1.06 bits per heavy atom. The number of thiazole rings is 1. The molecule has 1 amide bonds. The second-order valence-electron chi connectivity index (χ2n) is 7.04. The van der Waals surface area contributed by atoms with Crippen molar-refractivity contribution in [3.8, 4) is 0 Å². The van der Waals surface area contributed by atoms with Crippen LogP contribution in [0.15, 0.2) is 36.4 Å². The van der Waals surface area contributed by atoms with Gasteiger partial charge in [-0.2, -0.15) is 0 Å². The zero-order chi connectivity index (χ0) is 22.5. The fourth-order valence-electron chi connectivity index (χ4n) is 3.37. The van der Waals surface area contributed by atoms with E-state index in [1.54, 1.807) is 29.2 Å². The Bertz CT molecular complexity index is 1100. The normalized spacial score (nSPS) is 10.8. The number of carbonyl (C=O) groups is 2. The van der Waals surface area contributed by atoms with Crippen molar-refractivity contribution in [2.75, 3.05) is 38.2 Å². The van der Waals surface area contributed by atoms with E-state index in [4.69, 9.17) is 21.3 Å². The Morgan fingerprint density at radius 3 is 2.34 bits per heavy atom. The highest BCUT2D eigenvalue weighted by molar-refractivity contribution is 7.22. The van der Waals surface area contributed by atoms with Crippen LogP contribution in [0.4, 0.5) is 5.13 Å². The summed E-state index contributed by atoms with van der Waals surface area (Å²) in [4.78, 5) is 34.5. The molecule has 32 heavy (non-hydrogen) atoms. The van der Waals surface area contributed by atoms with E-state index in [0.29, 0.717) is 28.8 Å². The van der Waals surface area contributed by atoms with Gasteiger partial charge < -0.3 is 9.64 Å². The summed E-state index contributed by atoms with van der Waals surface area (Å²) in [7, 11) is 1.31. The van der Waals surface area contributed by atoms with Crippen molar-refractivity contribution < 1.29 is 14.3 Å². The lowest BCUT2D eigenvalue weighted by Crippen LogP contribution is -2.39. The fourth-order valence-corrected chi connectivity index (χ4v) is 4.57. The summed E-state index contributed by atoms with van der Waals surface area (Å²) < 4.78 is 5.83. The van der Waals surface area contributed by atoms with Crippen LogP contribution in [0.3, 0.4) is 0 Å². The van der Waals surface area contributed by atoms with Gasteiger partial charge in [0.05, 0.1) is 28.5 Å². The Hall–Kier alpha value is -2.19. The van der Waals surface area contributed by atoms with Crippen LogP contribution < -0.4 is 4.90 Å². The molecule has 0 unspecified atom stereocenters. The first-order valence-electron chi connectivity index (χ1n) is 10.2. The number of likely N-dealkylation sites (N-methyl/N-ethyl adjacent to an activating group) is 1. The van der Waals surface area contributed by atoms with Crippen LogP contribution in [0.25, 0.3) is 10.2 Å². The maximum Gasteiger partial charge on any atom is 0.338 e. The highest BCUT2D eigenvalue weighted by atomic mass is 35.5. The van der Waals surface area contributed by atoms with Crippen molar-refractivity contribution in [3.05, 3.63) is 58.1 Å². The average Bonchev–Trinajstić information content (AvgIpc) is 3.23. The monoisotopic (exact) mass is 495 g/mol. The predicted molar refractivity (Wildman–Crippen MR) is 134 cm³/mol. The fraction of sp³-hybridized carbons (Fsp3) is 0.348. The van der Waals surface area contributed by atoms with Crippen LogP contribution >= 0.6 is 35.3 Å². The zero-order valence-corrected chi connectivity index (χ0v) is 20.9. The molecule has 2 aromatic carbocycles. The molecule has 0 saturated heterocycles. The topological polar surface area (TPSA) is 62.7 Å². The smallest absolute Gasteiger partial charge is 0.338 e. The van der Waals surface area contributed by atoms with Crippen molar-refractivity contribution >= 4 is 62.6 Å². The summed E-state index contributed by atoms with van der Waals surface area (Å²) in [5.74, 6) is -0.824. The van der Waals surface area contributed by atoms with E-state index >= 15 is 0 Å². The number of nitrogens with zero attached hydrogens (tertiary/aromatic N) is 3. The number of aryl methyl sites for hydroxylation is 1. The van der Waals surface area contributed by atoms with Gasteiger partial charge in [0.15, 0.2) is 5.13 Å². The van der Waals surface area contributed by atoms with E-state index in [1.807, 2.05) is 19.1 Å². The maximum absolute atomic E-state index is 13.6. The number of fused-ring (bicyclic) bond motifs is 1. The minimum atomic E-state index is -0.542. The van der Waals surface area contributed by atoms with Crippen molar-refractivity contribution in [2.24, 2.45) is 0 Å². The third-order valence-electron chi connectivity index (χ3n) is 5.31. The summed E-state index contributed by atoms with van der Waals surface area (Å²) >= 11 is 7.71. The predicted octanol–water partition coefficient (Wildman–Crippen LogP) is 5.46. The third-order valence-corrected chi connectivity index (χ3v) is 6.76. The number of methoxy groups -OCH3 is 1. The SMILES string of the molecule is CCN(CC)CCN(C(=O)c1ccccc1C(=O)OC)c1nc2c(C)c(Cl)ccc2s1.Cl.